The molecule has 0 aromatic heterocycles. The van der Waals surface area contributed by atoms with Gasteiger partial charge in [0.2, 0.25) is 0 Å². The summed E-state index contributed by atoms with van der Waals surface area (Å²) in [6.45, 7) is 8.75. The van der Waals surface area contributed by atoms with Crippen LogP contribution in [0.4, 0.5) is 0 Å². The molecule has 1 atom stereocenters. The van der Waals surface area contributed by atoms with Crippen LogP contribution in [-0.4, -0.2) is 22.7 Å². The van der Waals surface area contributed by atoms with Crippen molar-refractivity contribution in [3.63, 3.8) is 0 Å². The Morgan fingerprint density at radius 3 is 2.23 bits per heavy atom. The zero-order valence-electron chi connectivity index (χ0n) is 9.13. The van der Waals surface area contributed by atoms with Crippen LogP contribution >= 0.6 is 0 Å². The molecule has 1 unspecified atom stereocenters. The summed E-state index contributed by atoms with van der Waals surface area (Å²) < 4.78 is 0. The van der Waals surface area contributed by atoms with Crippen molar-refractivity contribution in [2.45, 2.75) is 51.6 Å². The van der Waals surface area contributed by atoms with Crippen LogP contribution in [-0.2, 0) is 5.21 Å². The van der Waals surface area contributed by atoms with Gasteiger partial charge in [0.15, 0.2) is 0 Å². The minimum Gasteiger partial charge on any atom is -0.330 e. The van der Waals surface area contributed by atoms with Gasteiger partial charge in [-0.05, 0) is 53.0 Å². The second-order valence-corrected chi connectivity index (χ2v) is 5.24. The number of nitrogens with two attached hydrogens (primary N) is 1. The van der Waals surface area contributed by atoms with Crippen LogP contribution in [0.5, 0.6) is 0 Å². The van der Waals surface area contributed by atoms with Crippen molar-refractivity contribution in [1.29, 1.82) is 0 Å². The van der Waals surface area contributed by atoms with Gasteiger partial charge >= 0.3 is 0 Å². The maximum absolute atomic E-state index is 11.9. The molecule has 0 aliphatic carbocycles. The molecular formula is C10H21N2O. The van der Waals surface area contributed by atoms with Crippen LogP contribution in [0.3, 0.4) is 0 Å². The Morgan fingerprint density at radius 1 is 1.38 bits per heavy atom. The van der Waals surface area contributed by atoms with E-state index in [1.807, 2.05) is 27.7 Å². The molecule has 1 aliphatic rings. The number of rotatable bonds is 2. The Balaban J connectivity index is 2.80. The molecule has 1 saturated heterocycles. The fraction of sp³-hybridized carbons (Fsp3) is 1.00. The van der Waals surface area contributed by atoms with Crippen molar-refractivity contribution >= 4 is 0 Å². The molecule has 0 amide bonds. The van der Waals surface area contributed by atoms with Crippen LogP contribution in [0, 0.1) is 5.92 Å². The normalized spacial score (nSPS) is 32.3. The van der Waals surface area contributed by atoms with E-state index in [2.05, 4.69) is 0 Å². The van der Waals surface area contributed by atoms with E-state index in [-0.39, 0.29) is 11.1 Å². The van der Waals surface area contributed by atoms with Gasteiger partial charge in [-0.2, -0.15) is 0 Å². The lowest BCUT2D eigenvalue weighted by atomic mass is 9.84. The average Bonchev–Trinajstić information content (AvgIpc) is 2.14. The second kappa shape index (κ2) is 3.23. The second-order valence-electron chi connectivity index (χ2n) is 5.24. The third-order valence-electron chi connectivity index (χ3n) is 3.33. The first-order chi connectivity index (χ1) is 5.82. The van der Waals surface area contributed by atoms with Crippen LogP contribution in [0.15, 0.2) is 0 Å². The zero-order valence-corrected chi connectivity index (χ0v) is 9.13. The minimum atomic E-state index is -0.247. The summed E-state index contributed by atoms with van der Waals surface area (Å²) >= 11 is 0. The molecule has 0 saturated carbocycles. The quantitative estimate of drug-likeness (QED) is 0.709. The first kappa shape index (κ1) is 11.0. The number of hydrogen-bond acceptors (Lipinski definition) is 2. The van der Waals surface area contributed by atoms with Gasteiger partial charge in [-0.15, -0.1) is 10.3 Å². The summed E-state index contributed by atoms with van der Waals surface area (Å²) in [7, 11) is 0. The molecule has 0 bridgehead atoms. The molecule has 2 N–H and O–H groups in total. The summed E-state index contributed by atoms with van der Waals surface area (Å²) in [6.07, 6.45) is 1.91. The molecule has 0 aromatic carbocycles. The lowest BCUT2D eigenvalue weighted by Gasteiger charge is -2.33. The largest absolute Gasteiger partial charge is 0.330 e. The van der Waals surface area contributed by atoms with E-state index in [0.717, 1.165) is 12.8 Å². The highest BCUT2D eigenvalue weighted by molar-refractivity contribution is 5.01. The molecule has 0 spiro atoms. The Hall–Kier alpha value is -0.120. The van der Waals surface area contributed by atoms with E-state index in [0.29, 0.717) is 12.5 Å². The van der Waals surface area contributed by atoms with E-state index >= 15 is 0 Å². The van der Waals surface area contributed by atoms with Gasteiger partial charge in [0, 0.05) is 11.1 Å². The van der Waals surface area contributed by atoms with Crippen molar-refractivity contribution in [2.24, 2.45) is 11.7 Å². The monoisotopic (exact) mass is 185 g/mol. The van der Waals surface area contributed by atoms with Gasteiger partial charge in [-0.1, -0.05) is 0 Å². The molecule has 1 heterocycles. The predicted octanol–water partition coefficient (Wildman–Crippen LogP) is 1.56. The van der Waals surface area contributed by atoms with Crippen molar-refractivity contribution in [3.05, 3.63) is 0 Å². The summed E-state index contributed by atoms with van der Waals surface area (Å²) in [4.78, 5) is 0. The third kappa shape index (κ3) is 1.73. The minimum absolute atomic E-state index is 0.219. The summed E-state index contributed by atoms with van der Waals surface area (Å²) in [5.74, 6) is 0.435. The van der Waals surface area contributed by atoms with E-state index in [9.17, 15) is 5.21 Å². The van der Waals surface area contributed by atoms with E-state index in [1.54, 1.807) is 0 Å². The van der Waals surface area contributed by atoms with Crippen LogP contribution in [0.1, 0.15) is 40.5 Å². The molecule has 1 fully saturated rings. The maximum Gasteiger partial charge on any atom is 0.0472 e. The molecule has 3 nitrogen and oxygen atoms in total. The molecule has 3 heteroatoms. The smallest absolute Gasteiger partial charge is 0.0472 e. The standard InChI is InChI=1S/C10H21N2O/c1-9(2)7-8(5-6-11)10(3,4)12(9)13/h8H,5-7,11H2,1-4H3. The number of nitrogens with zero attached hydrogens (tertiary/aromatic N) is 1. The fourth-order valence-corrected chi connectivity index (χ4v) is 2.54. The third-order valence-corrected chi connectivity index (χ3v) is 3.33. The van der Waals surface area contributed by atoms with E-state index < -0.39 is 0 Å². The maximum atomic E-state index is 11.9. The van der Waals surface area contributed by atoms with Gasteiger partial charge in [0.1, 0.15) is 0 Å². The zero-order chi connectivity index (χ0) is 10.3. The lowest BCUT2D eigenvalue weighted by molar-refractivity contribution is -0.248. The molecule has 77 valence electrons. The topological polar surface area (TPSA) is 49.2 Å². The van der Waals surface area contributed by atoms with Crippen molar-refractivity contribution in [3.8, 4) is 0 Å². The van der Waals surface area contributed by atoms with Crippen molar-refractivity contribution in [2.75, 3.05) is 6.54 Å². The molecule has 13 heavy (non-hydrogen) atoms. The molecule has 1 aliphatic heterocycles. The van der Waals surface area contributed by atoms with Crippen LogP contribution < -0.4 is 5.73 Å². The fourth-order valence-electron chi connectivity index (χ4n) is 2.54. The summed E-state index contributed by atoms with van der Waals surface area (Å²) in [5.41, 5.74) is 5.08. The van der Waals surface area contributed by atoms with Crippen molar-refractivity contribution in [1.82, 2.24) is 5.06 Å². The Morgan fingerprint density at radius 2 is 1.92 bits per heavy atom. The van der Waals surface area contributed by atoms with E-state index in [4.69, 9.17) is 5.73 Å². The Kier molecular flexibility index (Phi) is 2.72. The highest BCUT2D eigenvalue weighted by Gasteiger charge is 2.51. The number of hydroxylamine groups is 2. The molecule has 0 aromatic rings. The van der Waals surface area contributed by atoms with Crippen LogP contribution in [0.25, 0.3) is 0 Å². The molecular weight excluding hydrogens is 164 g/mol. The SMILES string of the molecule is CC1(C)CC(CCN)C(C)(C)N1[O]. The molecule has 1 rings (SSSR count). The first-order valence-corrected chi connectivity index (χ1v) is 5.00. The van der Waals surface area contributed by atoms with Gasteiger partial charge in [0.25, 0.3) is 0 Å². The predicted molar refractivity (Wildman–Crippen MR) is 52.5 cm³/mol. The highest BCUT2D eigenvalue weighted by Crippen LogP contribution is 2.44. The lowest BCUT2D eigenvalue weighted by Crippen LogP contribution is -2.46. The van der Waals surface area contributed by atoms with Gasteiger partial charge in [0.05, 0.1) is 0 Å². The highest BCUT2D eigenvalue weighted by atomic mass is 16.5. The average molecular weight is 185 g/mol. The van der Waals surface area contributed by atoms with Gasteiger partial charge in [-0.3, -0.25) is 0 Å². The molecule has 1 radical (unpaired) electrons. The Bertz CT molecular complexity index is 189. The van der Waals surface area contributed by atoms with Gasteiger partial charge < -0.3 is 5.73 Å². The first-order valence-electron chi connectivity index (χ1n) is 5.00. The Labute approximate surface area is 80.9 Å². The van der Waals surface area contributed by atoms with E-state index in [1.165, 1.54) is 5.06 Å². The summed E-state index contributed by atoms with van der Waals surface area (Å²) in [5, 5.41) is 13.2. The number of hydrogen-bond donors (Lipinski definition) is 1. The summed E-state index contributed by atoms with van der Waals surface area (Å²) in [6, 6.07) is 0. The van der Waals surface area contributed by atoms with Crippen LogP contribution in [0.2, 0.25) is 0 Å². The van der Waals surface area contributed by atoms with Gasteiger partial charge in [-0.25, -0.2) is 0 Å². The van der Waals surface area contributed by atoms with Crippen molar-refractivity contribution < 1.29 is 5.21 Å².